The highest BCUT2D eigenvalue weighted by Gasteiger charge is 2.33. The largest absolute Gasteiger partial charge is 0.330 e. The first-order chi connectivity index (χ1) is 16.0. The number of carbonyl (C=O) groups is 1. The molecule has 0 radical (unpaired) electrons. The van der Waals surface area contributed by atoms with Crippen molar-refractivity contribution in [2.75, 3.05) is 22.1 Å². The van der Waals surface area contributed by atoms with Crippen molar-refractivity contribution in [2.24, 2.45) is 0 Å². The van der Waals surface area contributed by atoms with Crippen molar-refractivity contribution in [2.45, 2.75) is 38.6 Å². The Bertz CT molecular complexity index is 1230. The van der Waals surface area contributed by atoms with Crippen molar-refractivity contribution in [1.29, 1.82) is 0 Å². The van der Waals surface area contributed by atoms with Gasteiger partial charge >= 0.3 is 0 Å². The van der Waals surface area contributed by atoms with Crippen molar-refractivity contribution in [1.82, 2.24) is 25.1 Å². The number of hydrogen-bond acceptors (Lipinski definition) is 6. The summed E-state index contributed by atoms with van der Waals surface area (Å²) < 4.78 is 13.1. The minimum atomic E-state index is -0.588. The first-order valence-electron chi connectivity index (χ1n) is 11.0. The molecule has 2 aromatic heterocycles. The second-order valence-corrected chi connectivity index (χ2v) is 8.46. The van der Waals surface area contributed by atoms with Gasteiger partial charge in [0, 0.05) is 23.9 Å². The number of carbonyl (C=O) groups excluding carboxylic acids is 1. The van der Waals surface area contributed by atoms with Crippen molar-refractivity contribution in [3.05, 3.63) is 54.2 Å². The van der Waals surface area contributed by atoms with Crippen LogP contribution < -0.4 is 15.5 Å². The number of nitrogens with zero attached hydrogens (tertiary/aromatic N) is 4. The van der Waals surface area contributed by atoms with Crippen molar-refractivity contribution in [3.8, 4) is 11.3 Å². The van der Waals surface area contributed by atoms with Crippen LogP contribution in [-0.2, 0) is 4.79 Å². The van der Waals surface area contributed by atoms with Crippen LogP contribution in [0.15, 0.2) is 42.6 Å². The summed E-state index contributed by atoms with van der Waals surface area (Å²) >= 11 is 0. The standard InChI is InChI=1S/C23H25FN8O/c1-13(2)17-11-20(31-30-17)28-21-15-5-3-6-16(15)27-23(29-21)32-10-4-7-18(32)22(33)26-14-8-9-19(24)25-12-14/h3,5-6,8-9,11-13,18H,4,7,10H2,1-2H3,(H,26,33)(H,27,29)(H2,28,30,31). The summed E-state index contributed by atoms with van der Waals surface area (Å²) in [5.41, 5.74) is 3.34. The number of aromatic amines is 2. The molecule has 2 aliphatic heterocycles. The number of H-pyrrole nitrogens is 2. The molecule has 10 heteroatoms. The molecular formula is C23H25FN8O. The van der Waals surface area contributed by atoms with Crippen molar-refractivity contribution in [3.63, 3.8) is 0 Å². The van der Waals surface area contributed by atoms with E-state index in [1.807, 2.05) is 29.2 Å². The molecule has 1 saturated heterocycles. The lowest BCUT2D eigenvalue weighted by molar-refractivity contribution is -0.117. The minimum absolute atomic E-state index is 0.179. The minimum Gasteiger partial charge on any atom is -0.330 e. The number of fused-ring (bicyclic) bond motifs is 1. The maximum atomic E-state index is 13.1. The van der Waals surface area contributed by atoms with Crippen LogP contribution in [0.25, 0.3) is 11.3 Å². The average molecular weight is 449 g/mol. The van der Waals surface area contributed by atoms with E-state index >= 15 is 0 Å². The van der Waals surface area contributed by atoms with Crippen molar-refractivity contribution < 1.29 is 9.18 Å². The maximum Gasteiger partial charge on any atom is 0.247 e. The highest BCUT2D eigenvalue weighted by molar-refractivity contribution is 5.97. The first-order valence-corrected chi connectivity index (χ1v) is 11.0. The quantitative estimate of drug-likeness (QED) is 0.328. The normalized spacial score (nSPS) is 16.0. The molecule has 2 aromatic rings. The van der Waals surface area contributed by atoms with Gasteiger partial charge in [0.05, 0.1) is 17.6 Å². The number of nitrogens with one attached hydrogen (secondary N) is 4. The fourth-order valence-electron chi connectivity index (χ4n) is 4.07. The Morgan fingerprint density at radius 2 is 2.15 bits per heavy atom. The molecular weight excluding hydrogens is 423 g/mol. The summed E-state index contributed by atoms with van der Waals surface area (Å²) in [6.07, 6.45) is 2.85. The van der Waals surface area contributed by atoms with Gasteiger partial charge in [0.15, 0.2) is 5.82 Å². The van der Waals surface area contributed by atoms with E-state index in [2.05, 4.69) is 44.6 Å². The zero-order valence-electron chi connectivity index (χ0n) is 18.4. The number of pyridine rings is 1. The molecule has 1 aliphatic carbocycles. The topological polar surface area (TPSA) is 115 Å². The van der Waals surface area contributed by atoms with Crippen LogP contribution in [0.1, 0.15) is 38.3 Å². The molecule has 0 aromatic carbocycles. The third-order valence-corrected chi connectivity index (χ3v) is 5.82. The van der Waals surface area contributed by atoms with Crippen LogP contribution in [-0.4, -0.2) is 43.6 Å². The van der Waals surface area contributed by atoms with E-state index in [4.69, 9.17) is 4.98 Å². The summed E-state index contributed by atoms with van der Waals surface area (Å²) in [4.78, 5) is 26.7. The van der Waals surface area contributed by atoms with E-state index in [9.17, 15) is 9.18 Å². The number of aromatic nitrogens is 5. The average Bonchev–Trinajstić information content (AvgIpc) is 3.55. The lowest BCUT2D eigenvalue weighted by atomic mass is 10.1. The van der Waals surface area contributed by atoms with E-state index in [0.29, 0.717) is 42.2 Å². The van der Waals surface area contributed by atoms with Gasteiger partial charge in [-0.05, 0) is 43.0 Å². The van der Waals surface area contributed by atoms with E-state index in [1.54, 1.807) is 0 Å². The molecule has 4 N–H and O–H groups in total. The number of rotatable bonds is 6. The third-order valence-electron chi connectivity index (χ3n) is 5.82. The molecule has 5 rings (SSSR count). The summed E-state index contributed by atoms with van der Waals surface area (Å²) in [6, 6.07) is 10.2. The van der Waals surface area contributed by atoms with Gasteiger partial charge in [-0.25, -0.2) is 4.98 Å². The molecule has 9 nitrogen and oxygen atoms in total. The molecule has 0 spiro atoms. The van der Waals surface area contributed by atoms with Crippen molar-refractivity contribution >= 4 is 29.2 Å². The molecule has 1 atom stereocenters. The predicted molar refractivity (Wildman–Crippen MR) is 124 cm³/mol. The SMILES string of the molecule is CC(C)c1cc(Nc2nc(N3CCCC3C(=O)Nc3ccc(F)nc3)[nH]c3cccc2-3)n[nH]1. The molecule has 1 unspecified atom stereocenters. The van der Waals surface area contributed by atoms with Gasteiger partial charge in [0.25, 0.3) is 0 Å². The second kappa shape index (κ2) is 8.53. The molecule has 3 aliphatic rings. The Morgan fingerprint density at radius 3 is 2.91 bits per heavy atom. The van der Waals surface area contributed by atoms with Crippen LogP contribution in [0.5, 0.6) is 0 Å². The van der Waals surface area contributed by atoms with E-state index < -0.39 is 12.0 Å². The van der Waals surface area contributed by atoms with Gasteiger partial charge in [0.1, 0.15) is 11.9 Å². The number of amides is 1. The summed E-state index contributed by atoms with van der Waals surface area (Å²) in [6.45, 7) is 4.89. The lowest BCUT2D eigenvalue weighted by Gasteiger charge is -2.26. The smallest absolute Gasteiger partial charge is 0.247 e. The number of anilines is 4. The Labute approximate surface area is 190 Å². The summed E-state index contributed by atoms with van der Waals surface area (Å²) in [5, 5.41) is 13.5. The Hall–Kier alpha value is -3.95. The zero-order chi connectivity index (χ0) is 22.9. The van der Waals surface area contributed by atoms with E-state index in [1.165, 1.54) is 18.3 Å². The number of hydrogen-bond donors (Lipinski definition) is 4. The Balaban J connectivity index is 1.41. The summed E-state index contributed by atoms with van der Waals surface area (Å²) in [5.74, 6) is 1.52. The van der Waals surface area contributed by atoms with Gasteiger partial charge in [-0.2, -0.15) is 14.5 Å². The predicted octanol–water partition coefficient (Wildman–Crippen LogP) is 4.25. The first kappa shape index (κ1) is 20.9. The van der Waals surface area contributed by atoms with Gasteiger partial charge in [-0.15, -0.1) is 0 Å². The summed E-state index contributed by atoms with van der Waals surface area (Å²) in [7, 11) is 0. The van der Waals surface area contributed by atoms with Crippen LogP contribution in [0.2, 0.25) is 0 Å². The van der Waals surface area contributed by atoms with Gasteiger partial charge in [-0.3, -0.25) is 9.89 Å². The molecule has 0 bridgehead atoms. The van der Waals surface area contributed by atoms with Gasteiger partial charge in [-0.1, -0.05) is 19.9 Å². The Morgan fingerprint density at radius 1 is 1.27 bits per heavy atom. The van der Waals surface area contributed by atoms with E-state index in [-0.39, 0.29) is 5.91 Å². The fourth-order valence-corrected chi connectivity index (χ4v) is 4.07. The Kier molecular flexibility index (Phi) is 5.41. The second-order valence-electron chi connectivity index (χ2n) is 8.46. The monoisotopic (exact) mass is 448 g/mol. The van der Waals surface area contributed by atoms with Gasteiger partial charge < -0.3 is 20.5 Å². The molecule has 170 valence electrons. The highest BCUT2D eigenvalue weighted by atomic mass is 19.1. The molecule has 1 fully saturated rings. The van der Waals surface area contributed by atoms with Crippen LogP contribution >= 0.6 is 0 Å². The maximum absolute atomic E-state index is 13.1. The molecule has 33 heavy (non-hydrogen) atoms. The third kappa shape index (κ3) is 4.23. The molecule has 1 amide bonds. The van der Waals surface area contributed by atoms with Crippen LogP contribution in [0.3, 0.4) is 0 Å². The van der Waals surface area contributed by atoms with Crippen LogP contribution in [0, 0.1) is 5.95 Å². The number of halogens is 1. The van der Waals surface area contributed by atoms with Gasteiger partial charge in [0.2, 0.25) is 17.8 Å². The van der Waals surface area contributed by atoms with E-state index in [0.717, 1.165) is 23.4 Å². The fraction of sp³-hybridized carbons (Fsp3) is 0.304. The van der Waals surface area contributed by atoms with Crippen LogP contribution in [0.4, 0.5) is 27.7 Å². The molecule has 0 saturated carbocycles. The molecule has 4 heterocycles. The highest BCUT2D eigenvalue weighted by Crippen LogP contribution is 2.34. The zero-order valence-corrected chi connectivity index (χ0v) is 18.4. The lowest BCUT2D eigenvalue weighted by Crippen LogP contribution is -2.40.